The third-order valence-electron chi connectivity index (χ3n) is 2.17. The van der Waals surface area contributed by atoms with Crippen LogP contribution in [0.2, 0.25) is 5.15 Å². The third-order valence-corrected chi connectivity index (χ3v) is 2.37. The van der Waals surface area contributed by atoms with Crippen LogP contribution in [0.15, 0.2) is 36.5 Å². The number of amides is 1. The van der Waals surface area contributed by atoms with Crippen molar-refractivity contribution in [1.82, 2.24) is 4.98 Å². The van der Waals surface area contributed by atoms with Gasteiger partial charge in [-0.15, -0.1) is 0 Å². The molecule has 0 aliphatic heterocycles. The smallest absolute Gasteiger partial charge is 0.255 e. The average molecular weight is 266 g/mol. The Morgan fingerprint density at radius 2 is 2.11 bits per heavy atom. The molecule has 0 radical (unpaired) electrons. The van der Waals surface area contributed by atoms with E-state index in [1.54, 1.807) is 6.07 Å². The van der Waals surface area contributed by atoms with Gasteiger partial charge in [0, 0.05) is 23.1 Å². The van der Waals surface area contributed by atoms with Crippen LogP contribution < -0.4 is 11.1 Å². The van der Waals surface area contributed by atoms with Crippen molar-refractivity contribution in [3.05, 3.63) is 53.1 Å². The maximum absolute atomic E-state index is 13.1. The summed E-state index contributed by atoms with van der Waals surface area (Å²) < 4.78 is 13.1. The second-order valence-electron chi connectivity index (χ2n) is 3.59. The highest BCUT2D eigenvalue weighted by molar-refractivity contribution is 6.29. The number of benzene rings is 1. The molecule has 0 spiro atoms. The van der Waals surface area contributed by atoms with Crippen LogP contribution in [0.5, 0.6) is 0 Å². The van der Waals surface area contributed by atoms with E-state index in [9.17, 15) is 9.18 Å². The predicted molar refractivity (Wildman–Crippen MR) is 68.0 cm³/mol. The predicted octanol–water partition coefficient (Wildman–Crippen LogP) is 2.71. The Morgan fingerprint density at radius 3 is 2.78 bits per heavy atom. The quantitative estimate of drug-likeness (QED) is 0.648. The van der Waals surface area contributed by atoms with Gasteiger partial charge in [0.05, 0.1) is 0 Å². The van der Waals surface area contributed by atoms with Crippen LogP contribution in [0.4, 0.5) is 15.8 Å². The molecule has 0 aliphatic carbocycles. The van der Waals surface area contributed by atoms with E-state index in [2.05, 4.69) is 10.3 Å². The molecule has 1 amide bonds. The van der Waals surface area contributed by atoms with Gasteiger partial charge in [-0.25, -0.2) is 9.37 Å². The number of aromatic nitrogens is 1. The zero-order chi connectivity index (χ0) is 13.1. The molecule has 6 heteroatoms. The Kier molecular flexibility index (Phi) is 3.43. The molecule has 1 aromatic heterocycles. The Hall–Kier alpha value is -2.14. The third kappa shape index (κ3) is 2.95. The summed E-state index contributed by atoms with van der Waals surface area (Å²) in [6.45, 7) is 0. The molecular formula is C12H9ClFN3O. The number of halogens is 2. The summed E-state index contributed by atoms with van der Waals surface area (Å²) in [6.07, 6.45) is 1.46. The molecule has 1 heterocycles. The molecule has 1 aromatic carbocycles. The molecule has 0 fully saturated rings. The van der Waals surface area contributed by atoms with Crippen molar-refractivity contribution in [2.75, 3.05) is 11.1 Å². The van der Waals surface area contributed by atoms with Crippen molar-refractivity contribution in [3.8, 4) is 0 Å². The van der Waals surface area contributed by atoms with Gasteiger partial charge in [-0.1, -0.05) is 11.6 Å². The summed E-state index contributed by atoms with van der Waals surface area (Å²) in [6, 6.07) is 6.70. The number of hydrogen-bond acceptors (Lipinski definition) is 3. The molecule has 2 aromatic rings. The van der Waals surface area contributed by atoms with Crippen molar-refractivity contribution in [3.63, 3.8) is 0 Å². The number of anilines is 2. The summed E-state index contributed by atoms with van der Waals surface area (Å²) in [5.41, 5.74) is 6.27. The molecular weight excluding hydrogens is 257 g/mol. The van der Waals surface area contributed by atoms with Gasteiger partial charge in [-0.2, -0.15) is 0 Å². The molecule has 18 heavy (non-hydrogen) atoms. The van der Waals surface area contributed by atoms with Gasteiger partial charge in [-0.05, 0) is 30.3 Å². The minimum absolute atomic E-state index is 0.139. The molecule has 0 saturated heterocycles. The number of hydrogen-bond donors (Lipinski definition) is 2. The van der Waals surface area contributed by atoms with E-state index in [0.29, 0.717) is 5.69 Å². The van der Waals surface area contributed by atoms with Crippen molar-refractivity contribution in [1.29, 1.82) is 0 Å². The van der Waals surface area contributed by atoms with Crippen LogP contribution in [0, 0.1) is 5.82 Å². The summed E-state index contributed by atoms with van der Waals surface area (Å²) in [5, 5.41) is 2.82. The Morgan fingerprint density at radius 1 is 1.33 bits per heavy atom. The van der Waals surface area contributed by atoms with E-state index < -0.39 is 11.7 Å². The maximum Gasteiger partial charge on any atom is 0.255 e. The van der Waals surface area contributed by atoms with E-state index in [0.717, 1.165) is 12.1 Å². The summed E-state index contributed by atoms with van der Waals surface area (Å²) >= 11 is 5.68. The minimum atomic E-state index is -0.562. The normalized spacial score (nSPS) is 10.1. The Balaban J connectivity index is 2.22. The van der Waals surface area contributed by atoms with Crippen molar-refractivity contribution in [2.45, 2.75) is 0 Å². The molecule has 0 bridgehead atoms. The zero-order valence-corrected chi connectivity index (χ0v) is 9.91. The van der Waals surface area contributed by atoms with E-state index in [1.807, 2.05) is 0 Å². The number of nitrogen functional groups attached to an aromatic ring is 1. The molecule has 0 aliphatic rings. The summed E-state index contributed by atoms with van der Waals surface area (Å²) in [4.78, 5) is 15.6. The number of nitrogens with two attached hydrogens (primary N) is 1. The van der Waals surface area contributed by atoms with Crippen molar-refractivity contribution < 1.29 is 9.18 Å². The van der Waals surface area contributed by atoms with Gasteiger partial charge in [-0.3, -0.25) is 4.79 Å². The van der Waals surface area contributed by atoms with Gasteiger partial charge >= 0.3 is 0 Å². The fraction of sp³-hybridized carbons (Fsp3) is 0. The maximum atomic E-state index is 13.1. The molecule has 0 unspecified atom stereocenters. The first-order valence-electron chi connectivity index (χ1n) is 5.03. The van der Waals surface area contributed by atoms with E-state index >= 15 is 0 Å². The number of pyridine rings is 1. The lowest BCUT2D eigenvalue weighted by Gasteiger charge is -2.06. The number of carbonyl (C=O) groups excluding carboxylic acids is 1. The van der Waals surface area contributed by atoms with Gasteiger partial charge in [0.1, 0.15) is 11.0 Å². The molecule has 2 rings (SSSR count). The highest BCUT2D eigenvalue weighted by Crippen LogP contribution is 2.15. The molecule has 0 atom stereocenters. The first-order chi connectivity index (χ1) is 8.54. The Bertz CT molecular complexity index is 583. The Labute approximate surface area is 108 Å². The van der Waals surface area contributed by atoms with Crippen LogP contribution in [0.3, 0.4) is 0 Å². The van der Waals surface area contributed by atoms with Crippen molar-refractivity contribution in [2.24, 2.45) is 0 Å². The lowest BCUT2D eigenvalue weighted by Crippen LogP contribution is -2.12. The molecule has 0 saturated carbocycles. The summed E-state index contributed by atoms with van der Waals surface area (Å²) in [5.74, 6) is -1.03. The topological polar surface area (TPSA) is 68.0 Å². The van der Waals surface area contributed by atoms with Gasteiger partial charge in [0.2, 0.25) is 0 Å². The number of nitrogens with zero attached hydrogens (tertiary/aromatic N) is 1. The first-order valence-corrected chi connectivity index (χ1v) is 5.41. The number of rotatable bonds is 2. The number of carbonyl (C=O) groups is 1. The highest BCUT2D eigenvalue weighted by Gasteiger charge is 2.08. The van der Waals surface area contributed by atoms with Crippen LogP contribution in [0.1, 0.15) is 10.4 Å². The molecule has 3 N–H and O–H groups in total. The van der Waals surface area contributed by atoms with E-state index in [1.165, 1.54) is 18.3 Å². The standard InChI is InChI=1S/C12H9ClFN3O/c13-11-6-10(1-2-16-11)17-12(18)7-3-8(14)5-9(15)4-7/h1-6H,15H2,(H,16,17,18). The van der Waals surface area contributed by atoms with Crippen LogP contribution in [-0.4, -0.2) is 10.9 Å². The van der Waals surface area contributed by atoms with E-state index in [-0.39, 0.29) is 16.4 Å². The van der Waals surface area contributed by atoms with Gasteiger partial charge < -0.3 is 11.1 Å². The van der Waals surface area contributed by atoms with Crippen LogP contribution in [-0.2, 0) is 0 Å². The molecule has 92 valence electrons. The first kappa shape index (κ1) is 12.3. The average Bonchev–Trinajstić information content (AvgIpc) is 2.27. The van der Waals surface area contributed by atoms with Crippen molar-refractivity contribution >= 4 is 28.9 Å². The largest absolute Gasteiger partial charge is 0.399 e. The SMILES string of the molecule is Nc1cc(F)cc(C(=O)Nc2ccnc(Cl)c2)c1. The lowest BCUT2D eigenvalue weighted by molar-refractivity contribution is 0.102. The number of nitrogens with one attached hydrogen (secondary N) is 1. The fourth-order valence-electron chi connectivity index (χ4n) is 1.43. The minimum Gasteiger partial charge on any atom is -0.399 e. The van der Waals surface area contributed by atoms with Crippen LogP contribution in [0.25, 0.3) is 0 Å². The second-order valence-corrected chi connectivity index (χ2v) is 3.98. The zero-order valence-electron chi connectivity index (χ0n) is 9.15. The lowest BCUT2D eigenvalue weighted by atomic mass is 10.2. The van der Waals surface area contributed by atoms with Gasteiger partial charge in [0.15, 0.2) is 0 Å². The van der Waals surface area contributed by atoms with Crippen LogP contribution >= 0.6 is 11.6 Å². The van der Waals surface area contributed by atoms with E-state index in [4.69, 9.17) is 17.3 Å². The van der Waals surface area contributed by atoms with Gasteiger partial charge in [0.25, 0.3) is 5.91 Å². The fourth-order valence-corrected chi connectivity index (χ4v) is 1.60. The summed E-state index contributed by atoms with van der Waals surface area (Å²) in [7, 11) is 0. The molecule has 4 nitrogen and oxygen atoms in total. The second kappa shape index (κ2) is 5.01. The highest BCUT2D eigenvalue weighted by atomic mass is 35.5. The monoisotopic (exact) mass is 265 g/mol.